The van der Waals surface area contributed by atoms with Crippen molar-refractivity contribution < 1.29 is 9.53 Å². The van der Waals surface area contributed by atoms with Gasteiger partial charge in [0.15, 0.2) is 0 Å². The van der Waals surface area contributed by atoms with Crippen molar-refractivity contribution in [3.8, 4) is 0 Å². The molecule has 1 aliphatic rings. The second-order valence-corrected chi connectivity index (χ2v) is 6.54. The number of urea groups is 1. The lowest BCUT2D eigenvalue weighted by Gasteiger charge is -2.34. The van der Waals surface area contributed by atoms with Crippen LogP contribution in [0.5, 0.6) is 0 Å². The molecule has 1 unspecified atom stereocenters. The van der Waals surface area contributed by atoms with E-state index in [1.54, 1.807) is 17.5 Å². The lowest BCUT2D eigenvalue weighted by molar-refractivity contribution is 0.0174. The van der Waals surface area contributed by atoms with Crippen LogP contribution in [-0.2, 0) is 11.3 Å². The van der Waals surface area contributed by atoms with E-state index in [-0.39, 0.29) is 12.1 Å². The topological polar surface area (TPSA) is 66.5 Å². The fourth-order valence-electron chi connectivity index (χ4n) is 2.71. The molecule has 2 N–H and O–H groups in total. The summed E-state index contributed by atoms with van der Waals surface area (Å²) in [5.41, 5.74) is 0.843. The number of carbonyl (C=O) groups is 1. The Morgan fingerprint density at radius 1 is 1.25 bits per heavy atom. The molecule has 24 heavy (non-hydrogen) atoms. The van der Waals surface area contributed by atoms with E-state index in [4.69, 9.17) is 4.74 Å². The van der Waals surface area contributed by atoms with Gasteiger partial charge in [-0.3, -0.25) is 9.88 Å². The number of pyridine rings is 1. The number of thiophene rings is 1. The van der Waals surface area contributed by atoms with Crippen LogP contribution in [-0.4, -0.2) is 48.8 Å². The molecule has 3 rings (SSSR count). The van der Waals surface area contributed by atoms with Gasteiger partial charge in [-0.2, -0.15) is 0 Å². The van der Waals surface area contributed by atoms with Crippen molar-refractivity contribution in [3.05, 3.63) is 52.5 Å². The molecule has 0 bridgehead atoms. The van der Waals surface area contributed by atoms with Gasteiger partial charge in [-0.05, 0) is 23.6 Å². The van der Waals surface area contributed by atoms with Crippen LogP contribution in [0.1, 0.15) is 16.6 Å². The highest BCUT2D eigenvalue weighted by molar-refractivity contribution is 7.10. The second kappa shape index (κ2) is 8.77. The molecule has 2 aromatic heterocycles. The SMILES string of the molecule is O=C(NCc1ccccn1)NCC(c1cccs1)N1CCOCC1. The minimum atomic E-state index is -0.171. The molecule has 6 nitrogen and oxygen atoms in total. The molecule has 128 valence electrons. The number of amides is 2. The minimum absolute atomic E-state index is 0.171. The van der Waals surface area contributed by atoms with E-state index < -0.39 is 0 Å². The van der Waals surface area contributed by atoms with E-state index in [2.05, 4.69) is 38.0 Å². The lowest BCUT2D eigenvalue weighted by atomic mass is 10.2. The van der Waals surface area contributed by atoms with Crippen molar-refractivity contribution in [3.63, 3.8) is 0 Å². The Hall–Kier alpha value is -1.96. The first-order chi connectivity index (χ1) is 11.8. The molecule has 0 saturated carbocycles. The Morgan fingerprint density at radius 3 is 2.83 bits per heavy atom. The summed E-state index contributed by atoms with van der Waals surface area (Å²) in [6.07, 6.45) is 1.72. The van der Waals surface area contributed by atoms with Gasteiger partial charge in [0, 0.05) is 30.7 Å². The number of carbonyl (C=O) groups excluding carboxylic acids is 1. The zero-order valence-corrected chi connectivity index (χ0v) is 14.3. The molecule has 0 radical (unpaired) electrons. The Bertz CT molecular complexity index is 615. The van der Waals surface area contributed by atoms with Gasteiger partial charge < -0.3 is 15.4 Å². The number of morpholine rings is 1. The molecule has 1 fully saturated rings. The molecule has 1 atom stereocenters. The summed E-state index contributed by atoms with van der Waals surface area (Å²) in [4.78, 5) is 19.9. The number of ether oxygens (including phenoxy) is 1. The van der Waals surface area contributed by atoms with Crippen LogP contribution in [0.15, 0.2) is 41.9 Å². The zero-order valence-electron chi connectivity index (χ0n) is 13.5. The number of nitrogens with one attached hydrogen (secondary N) is 2. The van der Waals surface area contributed by atoms with Crippen LogP contribution in [0.2, 0.25) is 0 Å². The van der Waals surface area contributed by atoms with Gasteiger partial charge in [0.1, 0.15) is 0 Å². The van der Waals surface area contributed by atoms with Crippen LogP contribution in [0.25, 0.3) is 0 Å². The summed E-state index contributed by atoms with van der Waals surface area (Å²) < 4.78 is 5.44. The molecule has 2 aromatic rings. The third-order valence-electron chi connectivity index (χ3n) is 3.97. The molecule has 0 aromatic carbocycles. The highest BCUT2D eigenvalue weighted by Crippen LogP contribution is 2.25. The van der Waals surface area contributed by atoms with Gasteiger partial charge in [-0.1, -0.05) is 12.1 Å². The van der Waals surface area contributed by atoms with E-state index in [9.17, 15) is 4.79 Å². The van der Waals surface area contributed by atoms with Crippen molar-refractivity contribution >= 4 is 17.4 Å². The highest BCUT2D eigenvalue weighted by atomic mass is 32.1. The maximum absolute atomic E-state index is 12.1. The molecule has 3 heterocycles. The minimum Gasteiger partial charge on any atom is -0.379 e. The van der Waals surface area contributed by atoms with Gasteiger partial charge in [-0.25, -0.2) is 4.79 Å². The normalized spacial score (nSPS) is 16.5. The quantitative estimate of drug-likeness (QED) is 0.840. The molecule has 1 aliphatic heterocycles. The van der Waals surface area contributed by atoms with Gasteiger partial charge >= 0.3 is 6.03 Å². The summed E-state index contributed by atoms with van der Waals surface area (Å²) >= 11 is 1.72. The van der Waals surface area contributed by atoms with Crippen LogP contribution in [0, 0.1) is 0 Å². The van der Waals surface area contributed by atoms with E-state index in [0.29, 0.717) is 13.1 Å². The molecule has 0 spiro atoms. The lowest BCUT2D eigenvalue weighted by Crippen LogP contribution is -2.45. The molecule has 7 heteroatoms. The van der Waals surface area contributed by atoms with Crippen molar-refractivity contribution in [2.24, 2.45) is 0 Å². The highest BCUT2D eigenvalue weighted by Gasteiger charge is 2.23. The summed E-state index contributed by atoms with van der Waals surface area (Å²) in [6.45, 7) is 4.27. The Kier molecular flexibility index (Phi) is 6.17. The van der Waals surface area contributed by atoms with Gasteiger partial charge in [0.2, 0.25) is 0 Å². The average molecular weight is 346 g/mol. The molecule has 1 saturated heterocycles. The first kappa shape index (κ1) is 16.9. The van der Waals surface area contributed by atoms with Gasteiger partial charge in [0.25, 0.3) is 0 Å². The smallest absolute Gasteiger partial charge is 0.315 e. The largest absolute Gasteiger partial charge is 0.379 e. The van der Waals surface area contributed by atoms with Crippen LogP contribution >= 0.6 is 11.3 Å². The fraction of sp³-hybridized carbons (Fsp3) is 0.412. The van der Waals surface area contributed by atoms with Crippen LogP contribution in [0.4, 0.5) is 4.79 Å². The molecule has 0 aliphatic carbocycles. The molecular formula is C17H22N4O2S. The Labute approximate surface area is 145 Å². The Balaban J connectivity index is 1.52. The van der Waals surface area contributed by atoms with Gasteiger partial charge in [-0.15, -0.1) is 11.3 Å². The number of hydrogen-bond acceptors (Lipinski definition) is 5. The molecular weight excluding hydrogens is 324 g/mol. The van der Waals surface area contributed by atoms with E-state index in [0.717, 1.165) is 32.0 Å². The third-order valence-corrected chi connectivity index (χ3v) is 4.94. The van der Waals surface area contributed by atoms with Crippen molar-refractivity contribution in [2.45, 2.75) is 12.6 Å². The monoisotopic (exact) mass is 346 g/mol. The van der Waals surface area contributed by atoms with Crippen molar-refractivity contribution in [1.29, 1.82) is 0 Å². The maximum Gasteiger partial charge on any atom is 0.315 e. The fourth-order valence-corrected chi connectivity index (χ4v) is 3.57. The van der Waals surface area contributed by atoms with Crippen LogP contribution < -0.4 is 10.6 Å². The zero-order chi connectivity index (χ0) is 16.6. The maximum atomic E-state index is 12.1. The first-order valence-electron chi connectivity index (χ1n) is 8.10. The average Bonchev–Trinajstić information content (AvgIpc) is 3.16. The second-order valence-electron chi connectivity index (χ2n) is 5.56. The predicted octanol–water partition coefficient (Wildman–Crippen LogP) is 2.02. The summed E-state index contributed by atoms with van der Waals surface area (Å²) in [6, 6.07) is 9.85. The van der Waals surface area contributed by atoms with E-state index in [1.807, 2.05) is 18.2 Å². The number of nitrogens with zero attached hydrogens (tertiary/aromatic N) is 2. The van der Waals surface area contributed by atoms with Crippen LogP contribution in [0.3, 0.4) is 0 Å². The first-order valence-corrected chi connectivity index (χ1v) is 8.98. The third kappa shape index (κ3) is 4.77. The number of rotatable bonds is 6. The summed E-state index contributed by atoms with van der Waals surface area (Å²) in [5.74, 6) is 0. The molecule has 2 amide bonds. The summed E-state index contributed by atoms with van der Waals surface area (Å²) in [5, 5.41) is 7.91. The predicted molar refractivity (Wildman–Crippen MR) is 93.9 cm³/mol. The van der Waals surface area contributed by atoms with Crippen molar-refractivity contribution in [2.75, 3.05) is 32.8 Å². The Morgan fingerprint density at radius 2 is 2.12 bits per heavy atom. The van der Waals surface area contributed by atoms with E-state index in [1.165, 1.54) is 4.88 Å². The van der Waals surface area contributed by atoms with Gasteiger partial charge in [0.05, 0.1) is 31.5 Å². The number of hydrogen-bond donors (Lipinski definition) is 2. The van der Waals surface area contributed by atoms with E-state index >= 15 is 0 Å². The van der Waals surface area contributed by atoms with Crippen molar-refractivity contribution in [1.82, 2.24) is 20.5 Å². The summed E-state index contributed by atoms with van der Waals surface area (Å²) in [7, 11) is 0. The number of aromatic nitrogens is 1. The standard InChI is InChI=1S/C17H22N4O2S/c22-17(19-12-14-4-1-2-6-18-14)20-13-15(16-5-3-11-24-16)21-7-9-23-10-8-21/h1-6,11,15H,7-10,12-13H2,(H2,19,20,22).